The summed E-state index contributed by atoms with van der Waals surface area (Å²) in [5, 5.41) is 12.0. The quantitative estimate of drug-likeness (QED) is 0.605. The highest BCUT2D eigenvalue weighted by Crippen LogP contribution is 2.37. The van der Waals surface area contributed by atoms with Crippen molar-refractivity contribution in [1.82, 2.24) is 0 Å². The van der Waals surface area contributed by atoms with E-state index in [-0.39, 0.29) is 17.5 Å². The number of anilines is 1. The Balaban J connectivity index is 1.93. The maximum atomic E-state index is 13.9. The second kappa shape index (κ2) is 7.25. The van der Waals surface area contributed by atoms with Gasteiger partial charge in [-0.3, -0.25) is 10.1 Å². The van der Waals surface area contributed by atoms with Crippen molar-refractivity contribution in [1.29, 1.82) is 0 Å². The minimum atomic E-state index is -0.763. The van der Waals surface area contributed by atoms with Crippen LogP contribution < -0.4 is 9.64 Å². The van der Waals surface area contributed by atoms with Gasteiger partial charge in [0.1, 0.15) is 11.8 Å². The van der Waals surface area contributed by atoms with E-state index in [1.807, 2.05) is 17.0 Å². The molecular weight excluding hydrogens is 351 g/mol. The van der Waals surface area contributed by atoms with Crippen LogP contribution in [0.4, 0.5) is 15.8 Å². The topological polar surface area (TPSA) is 64.8 Å². The summed E-state index contributed by atoms with van der Waals surface area (Å²) in [6.07, 6.45) is -0.262. The maximum Gasteiger partial charge on any atom is 0.295 e. The number of nitrogens with zero attached hydrogens (tertiary/aromatic N) is 2. The number of ether oxygens (including phenoxy) is 2. The molecule has 2 aromatic carbocycles. The minimum absolute atomic E-state index is 0.0323. The van der Waals surface area contributed by atoms with Gasteiger partial charge in [0.25, 0.3) is 5.69 Å². The van der Waals surface area contributed by atoms with Crippen LogP contribution in [-0.2, 0) is 4.74 Å². The van der Waals surface area contributed by atoms with Crippen LogP contribution in [0.15, 0.2) is 36.4 Å². The van der Waals surface area contributed by atoms with Gasteiger partial charge in [-0.15, -0.1) is 0 Å². The van der Waals surface area contributed by atoms with Crippen LogP contribution in [0.3, 0.4) is 0 Å². The smallest absolute Gasteiger partial charge is 0.295 e. The number of nitro groups is 1. The number of nitro benzene ring substituents is 1. The highest BCUT2D eigenvalue weighted by atomic mass is 35.5. The van der Waals surface area contributed by atoms with Crippen molar-refractivity contribution in [2.24, 2.45) is 0 Å². The fraction of sp³-hybridized carbons (Fsp3) is 0.294. The number of rotatable bonds is 4. The van der Waals surface area contributed by atoms with Gasteiger partial charge < -0.3 is 14.4 Å². The molecule has 1 aliphatic rings. The molecule has 0 radical (unpaired) electrons. The van der Waals surface area contributed by atoms with Gasteiger partial charge in [0.15, 0.2) is 11.6 Å². The molecule has 0 spiro atoms. The molecule has 1 fully saturated rings. The van der Waals surface area contributed by atoms with Crippen molar-refractivity contribution in [2.75, 3.05) is 31.7 Å². The number of hydrogen-bond acceptors (Lipinski definition) is 5. The standard InChI is InChI=1S/C17H16ClFN2O4/c1-24-16-9-14(15(21(22)23)8-13(16)19)20-6-7-25-17(10-20)11-2-4-12(18)5-3-11/h2-5,8-9,17H,6-7,10H2,1H3. The first-order chi connectivity index (χ1) is 12.0. The molecule has 1 aliphatic heterocycles. The average Bonchev–Trinajstić information content (AvgIpc) is 2.62. The zero-order valence-corrected chi connectivity index (χ0v) is 14.2. The summed E-state index contributed by atoms with van der Waals surface area (Å²) in [5.74, 6) is -0.796. The van der Waals surface area contributed by atoms with Crippen molar-refractivity contribution in [3.8, 4) is 5.75 Å². The molecule has 1 saturated heterocycles. The Morgan fingerprint density at radius 2 is 2.08 bits per heavy atom. The predicted octanol–water partition coefficient (Wildman–Crippen LogP) is 3.97. The lowest BCUT2D eigenvalue weighted by Crippen LogP contribution is -2.38. The lowest BCUT2D eigenvalue weighted by molar-refractivity contribution is -0.384. The fourth-order valence-corrected chi connectivity index (χ4v) is 2.96. The summed E-state index contributed by atoms with van der Waals surface area (Å²) in [4.78, 5) is 12.5. The number of morpholine rings is 1. The molecule has 0 saturated carbocycles. The van der Waals surface area contributed by atoms with Crippen molar-refractivity contribution < 1.29 is 18.8 Å². The molecule has 25 heavy (non-hydrogen) atoms. The third kappa shape index (κ3) is 3.67. The Morgan fingerprint density at radius 1 is 1.36 bits per heavy atom. The zero-order chi connectivity index (χ0) is 18.0. The van der Waals surface area contributed by atoms with E-state index in [1.165, 1.54) is 13.2 Å². The summed E-state index contributed by atoms with van der Waals surface area (Å²) in [7, 11) is 1.32. The summed E-state index contributed by atoms with van der Waals surface area (Å²) in [6.45, 7) is 1.25. The average molecular weight is 367 g/mol. The number of methoxy groups -OCH3 is 1. The normalized spacial score (nSPS) is 17.4. The van der Waals surface area contributed by atoms with Gasteiger partial charge in [-0.25, -0.2) is 4.39 Å². The number of benzene rings is 2. The molecule has 1 heterocycles. The van der Waals surface area contributed by atoms with Gasteiger partial charge in [-0.2, -0.15) is 0 Å². The van der Waals surface area contributed by atoms with Crippen molar-refractivity contribution in [2.45, 2.75) is 6.10 Å². The number of halogens is 2. The summed E-state index contributed by atoms with van der Waals surface area (Å²) >= 11 is 5.90. The maximum absolute atomic E-state index is 13.9. The Morgan fingerprint density at radius 3 is 2.72 bits per heavy atom. The van der Waals surface area contributed by atoms with E-state index in [0.717, 1.165) is 11.6 Å². The second-order valence-electron chi connectivity index (χ2n) is 5.59. The summed E-state index contributed by atoms with van der Waals surface area (Å²) < 4.78 is 24.6. The molecule has 1 atom stereocenters. The monoisotopic (exact) mass is 366 g/mol. The molecule has 3 rings (SSSR count). The van der Waals surface area contributed by atoms with Gasteiger partial charge >= 0.3 is 0 Å². The summed E-state index contributed by atoms with van der Waals surface area (Å²) in [5.41, 5.74) is 0.936. The van der Waals surface area contributed by atoms with Crippen LogP contribution in [0, 0.1) is 15.9 Å². The van der Waals surface area contributed by atoms with Crippen LogP contribution in [-0.4, -0.2) is 31.7 Å². The first kappa shape index (κ1) is 17.4. The van der Waals surface area contributed by atoms with Gasteiger partial charge in [0.05, 0.1) is 24.7 Å². The van der Waals surface area contributed by atoms with Gasteiger partial charge in [0.2, 0.25) is 0 Å². The Kier molecular flexibility index (Phi) is 5.06. The van der Waals surface area contributed by atoms with Gasteiger partial charge in [-0.1, -0.05) is 23.7 Å². The van der Waals surface area contributed by atoms with Crippen molar-refractivity contribution in [3.05, 3.63) is 62.9 Å². The van der Waals surface area contributed by atoms with E-state index < -0.39 is 10.7 Å². The molecule has 0 aromatic heterocycles. The van der Waals surface area contributed by atoms with Gasteiger partial charge in [-0.05, 0) is 17.7 Å². The lowest BCUT2D eigenvalue weighted by atomic mass is 10.1. The lowest BCUT2D eigenvalue weighted by Gasteiger charge is -2.34. The van der Waals surface area contributed by atoms with E-state index in [0.29, 0.717) is 30.4 Å². The molecule has 0 N–H and O–H groups in total. The first-order valence-electron chi connectivity index (χ1n) is 7.63. The highest BCUT2D eigenvalue weighted by molar-refractivity contribution is 6.30. The molecule has 2 aromatic rings. The number of hydrogen-bond donors (Lipinski definition) is 0. The fourth-order valence-electron chi connectivity index (χ4n) is 2.84. The van der Waals surface area contributed by atoms with E-state index in [9.17, 15) is 14.5 Å². The Bertz CT molecular complexity index is 785. The third-order valence-corrected chi connectivity index (χ3v) is 4.35. The van der Waals surface area contributed by atoms with E-state index in [4.69, 9.17) is 21.1 Å². The highest BCUT2D eigenvalue weighted by Gasteiger charge is 2.28. The molecule has 132 valence electrons. The first-order valence-corrected chi connectivity index (χ1v) is 8.01. The van der Waals surface area contributed by atoms with Crippen molar-refractivity contribution in [3.63, 3.8) is 0 Å². The molecule has 6 nitrogen and oxygen atoms in total. The van der Waals surface area contributed by atoms with E-state index >= 15 is 0 Å². The largest absolute Gasteiger partial charge is 0.494 e. The second-order valence-corrected chi connectivity index (χ2v) is 6.03. The van der Waals surface area contributed by atoms with Crippen LogP contribution in [0.25, 0.3) is 0 Å². The molecule has 8 heteroatoms. The zero-order valence-electron chi connectivity index (χ0n) is 13.4. The van der Waals surface area contributed by atoms with E-state index in [1.54, 1.807) is 12.1 Å². The third-order valence-electron chi connectivity index (χ3n) is 4.09. The molecular formula is C17H16ClFN2O4. The van der Waals surface area contributed by atoms with E-state index in [2.05, 4.69) is 0 Å². The summed E-state index contributed by atoms with van der Waals surface area (Å²) in [6, 6.07) is 9.50. The SMILES string of the molecule is COc1cc(N2CCOC(c3ccc(Cl)cc3)C2)c([N+](=O)[O-])cc1F. The molecule has 0 aliphatic carbocycles. The van der Waals surface area contributed by atoms with Crippen LogP contribution in [0.2, 0.25) is 5.02 Å². The minimum Gasteiger partial charge on any atom is -0.494 e. The van der Waals surface area contributed by atoms with Crippen LogP contribution in [0.1, 0.15) is 11.7 Å². The molecule has 1 unspecified atom stereocenters. The van der Waals surface area contributed by atoms with Gasteiger partial charge in [0, 0.05) is 24.2 Å². The molecule has 0 bridgehead atoms. The van der Waals surface area contributed by atoms with Crippen LogP contribution in [0.5, 0.6) is 5.75 Å². The van der Waals surface area contributed by atoms with Crippen molar-refractivity contribution >= 4 is 23.0 Å². The molecule has 0 amide bonds. The Labute approximate surface area is 148 Å². The van der Waals surface area contributed by atoms with Crippen LogP contribution >= 0.6 is 11.6 Å². The Hall–Kier alpha value is -2.38. The predicted molar refractivity (Wildman–Crippen MR) is 92.0 cm³/mol.